The number of halogens is 7. The molecule has 1 aromatic carbocycles. The highest BCUT2D eigenvalue weighted by molar-refractivity contribution is 7.13. The predicted molar refractivity (Wildman–Crippen MR) is 86.3 cm³/mol. The van der Waals surface area contributed by atoms with E-state index in [1.807, 2.05) is 0 Å². The lowest BCUT2D eigenvalue weighted by Crippen LogP contribution is -2.17. The molecular weight excluding hydrogens is 419 g/mol. The van der Waals surface area contributed by atoms with Gasteiger partial charge in [0.05, 0.1) is 30.8 Å². The Hall–Kier alpha value is -0.730. The highest BCUT2D eigenvalue weighted by Gasteiger charge is 2.39. The number of amides is 1. The lowest BCUT2D eigenvalue weighted by molar-refractivity contribution is -0.141. The molecule has 0 atom stereocenters. The maximum Gasteiger partial charge on any atom is 0.435 e. The van der Waals surface area contributed by atoms with Crippen LogP contribution in [-0.4, -0.2) is 10.9 Å². The van der Waals surface area contributed by atoms with Gasteiger partial charge in [0.15, 0.2) is 5.69 Å². The van der Waals surface area contributed by atoms with Gasteiger partial charge in [0.2, 0.25) is 0 Å². The number of aryl methyl sites for hydroxylation is 1. The minimum absolute atomic E-state index is 0.00658. The molecule has 1 N–H and O–H groups in total. The standard InChI is InChI=1S/C12H5Cl4F3N2OS/c1-3-20-10(12(17,18)19)9(23-3)11(22)21-8-6(15)4(13)2-5(14)7(8)16/h2H,1H3,(H,21,22). The zero-order chi connectivity index (χ0) is 17.5. The van der Waals surface area contributed by atoms with Crippen LogP contribution in [0, 0.1) is 6.92 Å². The maximum atomic E-state index is 12.9. The summed E-state index contributed by atoms with van der Waals surface area (Å²) in [5.41, 5.74) is -1.45. The first-order chi connectivity index (χ1) is 10.5. The zero-order valence-electron chi connectivity index (χ0n) is 11.0. The molecular formula is C12H5Cl4F3N2OS. The Kier molecular flexibility index (Phi) is 5.37. The normalized spacial score (nSPS) is 11.7. The number of rotatable bonds is 2. The van der Waals surface area contributed by atoms with E-state index in [1.54, 1.807) is 0 Å². The smallest absolute Gasteiger partial charge is 0.319 e. The van der Waals surface area contributed by atoms with Crippen LogP contribution < -0.4 is 5.32 Å². The molecule has 0 fully saturated rings. The van der Waals surface area contributed by atoms with Crippen LogP contribution in [0.15, 0.2) is 6.07 Å². The van der Waals surface area contributed by atoms with Crippen molar-refractivity contribution in [3.8, 4) is 0 Å². The Labute approximate surface area is 152 Å². The fourth-order valence-corrected chi connectivity index (χ4v) is 3.36. The van der Waals surface area contributed by atoms with E-state index >= 15 is 0 Å². The highest BCUT2D eigenvalue weighted by atomic mass is 35.5. The summed E-state index contributed by atoms with van der Waals surface area (Å²) in [5.74, 6) is -1.06. The zero-order valence-corrected chi connectivity index (χ0v) is 14.8. The Morgan fingerprint density at radius 3 is 2.17 bits per heavy atom. The van der Waals surface area contributed by atoms with Crippen LogP contribution in [0.25, 0.3) is 0 Å². The van der Waals surface area contributed by atoms with E-state index in [2.05, 4.69) is 10.3 Å². The molecule has 1 heterocycles. The van der Waals surface area contributed by atoms with Crippen LogP contribution in [-0.2, 0) is 6.18 Å². The molecule has 3 nitrogen and oxygen atoms in total. The van der Waals surface area contributed by atoms with Gasteiger partial charge >= 0.3 is 6.18 Å². The molecule has 0 saturated heterocycles. The van der Waals surface area contributed by atoms with Gasteiger partial charge in [-0.05, 0) is 13.0 Å². The average Bonchev–Trinajstić information content (AvgIpc) is 2.83. The van der Waals surface area contributed by atoms with Crippen LogP contribution >= 0.6 is 57.7 Å². The largest absolute Gasteiger partial charge is 0.435 e. The summed E-state index contributed by atoms with van der Waals surface area (Å²) in [7, 11) is 0. The Morgan fingerprint density at radius 2 is 1.70 bits per heavy atom. The molecule has 1 amide bonds. The van der Waals surface area contributed by atoms with Crippen molar-refractivity contribution < 1.29 is 18.0 Å². The van der Waals surface area contributed by atoms with Gasteiger partial charge in [0, 0.05) is 0 Å². The number of thiazole rings is 1. The summed E-state index contributed by atoms with van der Waals surface area (Å²) in [6, 6.07) is 1.25. The van der Waals surface area contributed by atoms with Crippen LogP contribution in [0.2, 0.25) is 20.1 Å². The first-order valence-electron chi connectivity index (χ1n) is 5.71. The van der Waals surface area contributed by atoms with Crippen LogP contribution in [0.1, 0.15) is 20.4 Å². The molecule has 23 heavy (non-hydrogen) atoms. The van der Waals surface area contributed by atoms with E-state index in [1.165, 1.54) is 13.0 Å². The van der Waals surface area contributed by atoms with E-state index < -0.39 is 22.7 Å². The van der Waals surface area contributed by atoms with Crippen molar-refractivity contribution in [2.24, 2.45) is 0 Å². The molecule has 0 saturated carbocycles. The molecule has 0 bridgehead atoms. The van der Waals surface area contributed by atoms with Crippen molar-refractivity contribution in [3.63, 3.8) is 0 Å². The van der Waals surface area contributed by atoms with Gasteiger partial charge < -0.3 is 5.32 Å². The van der Waals surface area contributed by atoms with E-state index in [9.17, 15) is 18.0 Å². The number of hydrogen-bond acceptors (Lipinski definition) is 3. The van der Waals surface area contributed by atoms with Crippen molar-refractivity contribution >= 4 is 69.3 Å². The predicted octanol–water partition coefficient (Wildman–Crippen LogP) is 6.34. The number of hydrogen-bond donors (Lipinski definition) is 1. The van der Waals surface area contributed by atoms with E-state index in [0.29, 0.717) is 11.3 Å². The lowest BCUT2D eigenvalue weighted by atomic mass is 10.3. The quantitative estimate of drug-likeness (QED) is 0.573. The van der Waals surface area contributed by atoms with Crippen molar-refractivity contribution in [2.45, 2.75) is 13.1 Å². The second-order valence-corrected chi connectivity index (χ2v) is 6.98. The van der Waals surface area contributed by atoms with E-state index in [0.717, 1.165) is 0 Å². The fourth-order valence-electron chi connectivity index (χ4n) is 1.63. The molecule has 11 heteroatoms. The fraction of sp³-hybridized carbons (Fsp3) is 0.167. The third kappa shape index (κ3) is 3.85. The molecule has 0 aliphatic rings. The van der Waals surface area contributed by atoms with Gasteiger partial charge in [-0.1, -0.05) is 46.4 Å². The molecule has 124 valence electrons. The molecule has 2 rings (SSSR count). The molecule has 0 spiro atoms. The van der Waals surface area contributed by atoms with Crippen molar-refractivity contribution in [3.05, 3.63) is 41.7 Å². The van der Waals surface area contributed by atoms with E-state index in [-0.39, 0.29) is 30.8 Å². The van der Waals surface area contributed by atoms with Crippen LogP contribution in [0.5, 0.6) is 0 Å². The Morgan fingerprint density at radius 1 is 1.17 bits per heavy atom. The van der Waals surface area contributed by atoms with Gasteiger partial charge in [0.25, 0.3) is 5.91 Å². The number of aromatic nitrogens is 1. The van der Waals surface area contributed by atoms with Crippen LogP contribution in [0.3, 0.4) is 0 Å². The number of alkyl halides is 3. The first-order valence-corrected chi connectivity index (χ1v) is 8.04. The van der Waals surface area contributed by atoms with Crippen molar-refractivity contribution in [1.82, 2.24) is 4.98 Å². The van der Waals surface area contributed by atoms with Gasteiger partial charge in [-0.2, -0.15) is 13.2 Å². The molecule has 1 aromatic heterocycles. The second kappa shape index (κ2) is 6.64. The maximum absolute atomic E-state index is 12.9. The number of nitrogens with zero attached hydrogens (tertiary/aromatic N) is 1. The second-order valence-electron chi connectivity index (χ2n) is 4.21. The highest BCUT2D eigenvalue weighted by Crippen LogP contribution is 2.42. The Balaban J connectivity index is 2.46. The first kappa shape index (κ1) is 18.6. The number of nitrogens with one attached hydrogen (secondary N) is 1. The number of carbonyl (C=O) groups is 1. The van der Waals surface area contributed by atoms with E-state index in [4.69, 9.17) is 46.4 Å². The SMILES string of the molecule is Cc1nc(C(F)(F)F)c(C(=O)Nc2c(Cl)c(Cl)cc(Cl)c2Cl)s1. The number of carbonyl (C=O) groups excluding carboxylic acids is 1. The topological polar surface area (TPSA) is 42.0 Å². The third-order valence-corrected chi connectivity index (χ3v) is 5.10. The van der Waals surface area contributed by atoms with Gasteiger partial charge in [0.1, 0.15) is 4.88 Å². The summed E-state index contributed by atoms with van der Waals surface area (Å²) in [4.78, 5) is 14.9. The molecule has 0 unspecified atom stereocenters. The monoisotopic (exact) mass is 422 g/mol. The van der Waals surface area contributed by atoms with Gasteiger partial charge in [-0.3, -0.25) is 4.79 Å². The number of benzene rings is 1. The summed E-state index contributed by atoms with van der Waals surface area (Å²) in [5, 5.41) is 2.00. The van der Waals surface area contributed by atoms with Gasteiger partial charge in [-0.15, -0.1) is 11.3 Å². The summed E-state index contributed by atoms with van der Waals surface area (Å²) < 4.78 is 38.8. The summed E-state index contributed by atoms with van der Waals surface area (Å²) >= 11 is 24.0. The minimum Gasteiger partial charge on any atom is -0.319 e. The molecule has 0 radical (unpaired) electrons. The molecule has 0 aliphatic heterocycles. The lowest BCUT2D eigenvalue weighted by Gasteiger charge is -2.12. The van der Waals surface area contributed by atoms with Crippen molar-refractivity contribution in [2.75, 3.05) is 5.32 Å². The van der Waals surface area contributed by atoms with Gasteiger partial charge in [-0.25, -0.2) is 4.98 Å². The summed E-state index contributed by atoms with van der Waals surface area (Å²) in [6.07, 6.45) is -4.77. The molecule has 2 aromatic rings. The van der Waals surface area contributed by atoms with Crippen molar-refractivity contribution in [1.29, 1.82) is 0 Å². The number of anilines is 1. The third-order valence-electron chi connectivity index (χ3n) is 2.56. The summed E-state index contributed by atoms with van der Waals surface area (Å²) in [6.45, 7) is 1.35. The van der Waals surface area contributed by atoms with Crippen LogP contribution in [0.4, 0.5) is 18.9 Å². The minimum atomic E-state index is -4.77. The molecule has 0 aliphatic carbocycles. The average molecular weight is 424 g/mol. The Bertz CT molecular complexity index is 765.